The molecule has 0 unspecified atom stereocenters. The highest BCUT2D eigenvalue weighted by Crippen LogP contribution is 2.27. The number of hydrogen-bond donors (Lipinski definition) is 2. The van der Waals surface area contributed by atoms with Gasteiger partial charge in [-0.05, 0) is 61.4 Å². The van der Waals surface area contributed by atoms with Crippen molar-refractivity contribution in [1.29, 1.82) is 0 Å². The van der Waals surface area contributed by atoms with Gasteiger partial charge in [0.2, 0.25) is 0 Å². The minimum atomic E-state index is -1.13. The number of aliphatic hydroxyl groups excluding tert-OH is 1. The summed E-state index contributed by atoms with van der Waals surface area (Å²) >= 11 is 0. The third kappa shape index (κ3) is 4.77. The maximum atomic E-state index is 11.5. The van der Waals surface area contributed by atoms with Crippen LogP contribution in [0.3, 0.4) is 0 Å². The van der Waals surface area contributed by atoms with E-state index in [1.165, 1.54) is 0 Å². The van der Waals surface area contributed by atoms with Crippen LogP contribution in [0.15, 0.2) is 61.2 Å². The molecule has 0 spiro atoms. The number of carboxylic acid groups (broad SMARTS) is 1. The Morgan fingerprint density at radius 2 is 1.91 bits per heavy atom. The van der Waals surface area contributed by atoms with E-state index in [9.17, 15) is 15.0 Å². The van der Waals surface area contributed by atoms with Gasteiger partial charge in [-0.3, -0.25) is 9.78 Å². The minimum Gasteiger partial charge on any atom is -0.481 e. The molecule has 174 valence electrons. The van der Waals surface area contributed by atoms with Gasteiger partial charge in [-0.2, -0.15) is 0 Å². The van der Waals surface area contributed by atoms with Gasteiger partial charge in [-0.15, -0.1) is 0 Å². The molecule has 0 bridgehead atoms. The van der Waals surface area contributed by atoms with Gasteiger partial charge in [0.25, 0.3) is 0 Å². The molecule has 1 atom stereocenters. The Bertz CT molecular complexity index is 1370. The molecule has 0 radical (unpaired) electrons. The first-order valence-electron chi connectivity index (χ1n) is 11.3. The summed E-state index contributed by atoms with van der Waals surface area (Å²) in [7, 11) is 0. The maximum absolute atomic E-state index is 11.5. The van der Waals surface area contributed by atoms with Crippen molar-refractivity contribution in [2.75, 3.05) is 6.61 Å². The lowest BCUT2D eigenvalue weighted by atomic mass is 9.84. The minimum absolute atomic E-state index is 0.375. The van der Waals surface area contributed by atoms with Crippen molar-refractivity contribution in [3.05, 3.63) is 89.0 Å². The van der Waals surface area contributed by atoms with Crippen molar-refractivity contribution in [3.8, 4) is 11.3 Å². The van der Waals surface area contributed by atoms with Crippen molar-refractivity contribution in [2.45, 2.75) is 33.6 Å². The molecule has 0 fully saturated rings. The summed E-state index contributed by atoms with van der Waals surface area (Å²) in [6.45, 7) is 5.37. The largest absolute Gasteiger partial charge is 0.481 e. The van der Waals surface area contributed by atoms with Gasteiger partial charge in [0.05, 0.1) is 23.9 Å². The quantitative estimate of drug-likeness (QED) is 0.357. The number of aromatic nitrogens is 3. The van der Waals surface area contributed by atoms with E-state index in [2.05, 4.69) is 60.2 Å². The van der Waals surface area contributed by atoms with E-state index in [-0.39, 0.29) is 6.61 Å². The van der Waals surface area contributed by atoms with E-state index in [1.807, 2.05) is 28.9 Å². The van der Waals surface area contributed by atoms with Crippen LogP contribution in [-0.4, -0.2) is 37.2 Å². The van der Waals surface area contributed by atoms with Crippen LogP contribution in [0.25, 0.3) is 29.1 Å². The lowest BCUT2D eigenvalue weighted by molar-refractivity contribution is -0.150. The standard InChI is InChI=1S/C28H29N3O3/c1-19-7-8-21(11-12-28(3,18-32)27(33)34)15-23(19)10-9-22-5-4-6-24(20(22)2)25-17-31-14-13-29-26(31)16-30-25/h4-10,13-17,32H,11-12,18H2,1-3H3,(H,33,34)/b10-9+/t28-/m0/s1. The van der Waals surface area contributed by atoms with Crippen LogP contribution in [0, 0.1) is 19.3 Å². The second kappa shape index (κ2) is 9.61. The monoisotopic (exact) mass is 455 g/mol. The topological polar surface area (TPSA) is 87.7 Å². The molecular weight excluding hydrogens is 426 g/mol. The van der Waals surface area contributed by atoms with Gasteiger partial charge in [-0.1, -0.05) is 48.6 Å². The lowest BCUT2D eigenvalue weighted by Crippen LogP contribution is -2.32. The number of fused-ring (bicyclic) bond motifs is 1. The zero-order valence-corrected chi connectivity index (χ0v) is 19.7. The molecule has 6 nitrogen and oxygen atoms in total. The molecule has 0 aliphatic carbocycles. The van der Waals surface area contributed by atoms with Gasteiger partial charge in [0.1, 0.15) is 0 Å². The van der Waals surface area contributed by atoms with E-state index >= 15 is 0 Å². The summed E-state index contributed by atoms with van der Waals surface area (Å²) in [4.78, 5) is 20.3. The molecule has 0 saturated carbocycles. The number of aryl methyl sites for hydroxylation is 2. The van der Waals surface area contributed by atoms with Crippen molar-refractivity contribution in [3.63, 3.8) is 0 Å². The van der Waals surface area contributed by atoms with E-state index < -0.39 is 11.4 Å². The van der Waals surface area contributed by atoms with Gasteiger partial charge >= 0.3 is 5.97 Å². The number of aliphatic hydroxyl groups is 1. The third-order valence-electron chi connectivity index (χ3n) is 6.55. The van der Waals surface area contributed by atoms with Crippen LogP contribution < -0.4 is 0 Å². The summed E-state index contributed by atoms with van der Waals surface area (Å²) < 4.78 is 1.96. The summed E-state index contributed by atoms with van der Waals surface area (Å²) in [5.41, 5.74) is 7.16. The fourth-order valence-corrected chi connectivity index (χ4v) is 3.96. The smallest absolute Gasteiger partial charge is 0.311 e. The van der Waals surface area contributed by atoms with Crippen LogP contribution >= 0.6 is 0 Å². The van der Waals surface area contributed by atoms with Crippen LogP contribution in [0.2, 0.25) is 0 Å². The predicted octanol–water partition coefficient (Wildman–Crippen LogP) is 5.20. The predicted molar refractivity (Wildman–Crippen MR) is 134 cm³/mol. The Balaban J connectivity index is 1.58. The summed E-state index contributed by atoms with van der Waals surface area (Å²) in [6, 6.07) is 12.4. The SMILES string of the molecule is Cc1ccc(CC[C@@](C)(CO)C(=O)O)cc1/C=C/c1cccc(-c2cn3ccnc3cn2)c1C. The molecule has 0 aliphatic rings. The molecule has 0 saturated heterocycles. The Kier molecular flexibility index (Phi) is 6.61. The molecule has 0 amide bonds. The number of benzene rings is 2. The Hall–Kier alpha value is -3.77. The van der Waals surface area contributed by atoms with Crippen LogP contribution in [0.4, 0.5) is 0 Å². The van der Waals surface area contributed by atoms with Crippen LogP contribution in [-0.2, 0) is 11.2 Å². The van der Waals surface area contributed by atoms with E-state index in [0.717, 1.165) is 44.7 Å². The van der Waals surface area contributed by atoms with Gasteiger partial charge in [0, 0.05) is 24.2 Å². The average molecular weight is 456 g/mol. The van der Waals surface area contributed by atoms with Gasteiger partial charge < -0.3 is 14.6 Å². The zero-order chi connectivity index (χ0) is 24.3. The fraction of sp³-hybridized carbons (Fsp3) is 0.250. The van der Waals surface area contributed by atoms with E-state index in [0.29, 0.717) is 12.8 Å². The second-order valence-corrected chi connectivity index (χ2v) is 9.03. The number of hydrogen-bond acceptors (Lipinski definition) is 4. The number of carboxylic acids is 1. The number of nitrogens with zero attached hydrogens (tertiary/aromatic N) is 3. The average Bonchev–Trinajstić information content (AvgIpc) is 3.31. The van der Waals surface area contributed by atoms with Crippen molar-refractivity contribution >= 4 is 23.8 Å². The first kappa shape index (κ1) is 23.4. The molecule has 2 N–H and O–H groups in total. The van der Waals surface area contributed by atoms with E-state index in [4.69, 9.17) is 0 Å². The summed E-state index contributed by atoms with van der Waals surface area (Å²) in [5, 5.41) is 18.9. The lowest BCUT2D eigenvalue weighted by Gasteiger charge is -2.21. The van der Waals surface area contributed by atoms with Gasteiger partial charge in [0.15, 0.2) is 5.65 Å². The highest BCUT2D eigenvalue weighted by molar-refractivity contribution is 5.77. The van der Waals surface area contributed by atoms with E-state index in [1.54, 1.807) is 19.3 Å². The maximum Gasteiger partial charge on any atom is 0.311 e. The molecule has 2 heterocycles. The Morgan fingerprint density at radius 3 is 2.68 bits per heavy atom. The molecule has 0 aliphatic heterocycles. The number of aliphatic carboxylic acids is 1. The summed E-state index contributed by atoms with van der Waals surface area (Å²) in [6.07, 6.45) is 12.6. The Morgan fingerprint density at radius 1 is 1.12 bits per heavy atom. The van der Waals surface area contributed by atoms with Crippen molar-refractivity contribution in [2.24, 2.45) is 5.41 Å². The Labute approximate surface area is 199 Å². The third-order valence-corrected chi connectivity index (χ3v) is 6.55. The van der Waals surface area contributed by atoms with Gasteiger partial charge in [-0.25, -0.2) is 4.98 Å². The first-order valence-corrected chi connectivity index (χ1v) is 11.3. The first-order chi connectivity index (χ1) is 16.3. The molecule has 2 aromatic heterocycles. The van der Waals surface area contributed by atoms with Crippen molar-refractivity contribution < 1.29 is 15.0 Å². The zero-order valence-electron chi connectivity index (χ0n) is 19.7. The normalized spacial score (nSPS) is 13.4. The molecule has 2 aromatic carbocycles. The highest BCUT2D eigenvalue weighted by atomic mass is 16.4. The summed E-state index contributed by atoms with van der Waals surface area (Å²) in [5.74, 6) is -0.973. The van der Waals surface area contributed by atoms with Crippen LogP contribution in [0.5, 0.6) is 0 Å². The number of carbonyl (C=O) groups is 1. The second-order valence-electron chi connectivity index (χ2n) is 9.03. The molecule has 4 rings (SSSR count). The number of imidazole rings is 1. The molecular formula is C28H29N3O3. The van der Waals surface area contributed by atoms with Crippen LogP contribution in [0.1, 0.15) is 41.2 Å². The molecule has 34 heavy (non-hydrogen) atoms. The molecule has 6 heteroatoms. The number of rotatable bonds is 8. The fourth-order valence-electron chi connectivity index (χ4n) is 3.96. The highest BCUT2D eigenvalue weighted by Gasteiger charge is 2.31. The molecule has 4 aromatic rings. The van der Waals surface area contributed by atoms with Crippen molar-refractivity contribution in [1.82, 2.24) is 14.4 Å².